The molecule has 126 valence electrons. The number of benzene rings is 1. The molecule has 0 saturated heterocycles. The minimum Gasteiger partial charge on any atom is -0.343 e. The van der Waals surface area contributed by atoms with Crippen molar-refractivity contribution in [2.45, 2.75) is 6.54 Å². The first kappa shape index (κ1) is 18.2. The van der Waals surface area contributed by atoms with E-state index in [0.717, 1.165) is 4.88 Å². The lowest BCUT2D eigenvalue weighted by atomic mass is 10.2. The van der Waals surface area contributed by atoms with Gasteiger partial charge in [0.25, 0.3) is 5.91 Å². The fourth-order valence-electron chi connectivity index (χ4n) is 2.04. The van der Waals surface area contributed by atoms with Gasteiger partial charge in [0, 0.05) is 11.4 Å². The average molecular weight is 367 g/mol. The number of halogens is 2. The van der Waals surface area contributed by atoms with Crippen LogP contribution in [0.2, 0.25) is 4.34 Å². The van der Waals surface area contributed by atoms with Gasteiger partial charge in [0.1, 0.15) is 5.82 Å². The third-order valence-corrected chi connectivity index (χ3v) is 4.41. The molecule has 7 heteroatoms. The van der Waals surface area contributed by atoms with Crippen LogP contribution in [0, 0.1) is 5.82 Å². The molecule has 0 saturated carbocycles. The van der Waals surface area contributed by atoms with Crippen molar-refractivity contribution in [2.24, 2.45) is 0 Å². The molecule has 4 nitrogen and oxygen atoms in total. The molecular weight excluding hydrogens is 351 g/mol. The topological polar surface area (TPSA) is 49.4 Å². The highest BCUT2D eigenvalue weighted by Gasteiger charge is 2.16. The first-order valence-electron chi connectivity index (χ1n) is 7.17. The molecule has 1 aromatic carbocycles. The van der Waals surface area contributed by atoms with Crippen LogP contribution in [-0.4, -0.2) is 29.8 Å². The van der Waals surface area contributed by atoms with Crippen molar-refractivity contribution in [1.82, 2.24) is 10.2 Å². The van der Waals surface area contributed by atoms with Crippen molar-refractivity contribution in [3.63, 3.8) is 0 Å². The molecule has 0 atom stereocenters. The van der Waals surface area contributed by atoms with Gasteiger partial charge >= 0.3 is 0 Å². The molecule has 0 aliphatic rings. The third kappa shape index (κ3) is 4.91. The van der Waals surface area contributed by atoms with E-state index in [4.69, 9.17) is 11.6 Å². The van der Waals surface area contributed by atoms with Gasteiger partial charge in [0.15, 0.2) is 0 Å². The highest BCUT2D eigenvalue weighted by molar-refractivity contribution is 7.16. The first-order valence-corrected chi connectivity index (χ1v) is 8.36. The first-order chi connectivity index (χ1) is 11.5. The molecule has 2 amide bonds. The standard InChI is InChI=1S/C17H16ClFN2O2S/c1-2-9-21(11-12-7-8-15(18)24-12)16(22)10-20-17(23)13-5-3-4-6-14(13)19/h2-8H,1,9-11H2,(H,20,23). The smallest absolute Gasteiger partial charge is 0.254 e. The third-order valence-electron chi connectivity index (χ3n) is 3.20. The summed E-state index contributed by atoms with van der Waals surface area (Å²) < 4.78 is 14.2. The van der Waals surface area contributed by atoms with Gasteiger partial charge in [-0.15, -0.1) is 17.9 Å². The van der Waals surface area contributed by atoms with Crippen molar-refractivity contribution in [2.75, 3.05) is 13.1 Å². The highest BCUT2D eigenvalue weighted by Crippen LogP contribution is 2.22. The Bertz CT molecular complexity index is 748. The van der Waals surface area contributed by atoms with E-state index in [2.05, 4.69) is 11.9 Å². The van der Waals surface area contributed by atoms with E-state index in [1.54, 1.807) is 18.2 Å². The maximum absolute atomic E-state index is 13.6. The molecule has 0 fully saturated rings. The number of thiophene rings is 1. The molecule has 1 N–H and O–H groups in total. The molecular formula is C17H16ClFN2O2S. The molecule has 0 bridgehead atoms. The number of hydrogen-bond acceptors (Lipinski definition) is 3. The minimum absolute atomic E-state index is 0.0920. The van der Waals surface area contributed by atoms with E-state index in [1.165, 1.54) is 34.4 Å². The quantitative estimate of drug-likeness (QED) is 0.762. The van der Waals surface area contributed by atoms with Gasteiger partial charge in [0.05, 0.1) is 23.0 Å². The van der Waals surface area contributed by atoms with Crippen molar-refractivity contribution in [1.29, 1.82) is 0 Å². The molecule has 0 aliphatic heterocycles. The lowest BCUT2D eigenvalue weighted by Crippen LogP contribution is -2.40. The Morgan fingerprint density at radius 1 is 1.29 bits per heavy atom. The van der Waals surface area contributed by atoms with E-state index in [1.807, 2.05) is 6.07 Å². The number of hydrogen-bond donors (Lipinski definition) is 1. The predicted molar refractivity (Wildman–Crippen MR) is 93.7 cm³/mol. The van der Waals surface area contributed by atoms with Crippen LogP contribution in [0.1, 0.15) is 15.2 Å². The van der Waals surface area contributed by atoms with Gasteiger partial charge in [-0.25, -0.2) is 4.39 Å². The van der Waals surface area contributed by atoms with E-state index >= 15 is 0 Å². The van der Waals surface area contributed by atoms with Gasteiger partial charge in [-0.2, -0.15) is 0 Å². The summed E-state index contributed by atoms with van der Waals surface area (Å²) in [7, 11) is 0. The van der Waals surface area contributed by atoms with Crippen LogP contribution in [-0.2, 0) is 11.3 Å². The summed E-state index contributed by atoms with van der Waals surface area (Å²) in [6.07, 6.45) is 1.60. The minimum atomic E-state index is -0.626. The fraction of sp³-hybridized carbons (Fsp3) is 0.176. The number of nitrogens with zero attached hydrogens (tertiary/aromatic N) is 1. The molecule has 2 rings (SSSR count). The Labute approximate surface area is 148 Å². The van der Waals surface area contributed by atoms with Gasteiger partial charge < -0.3 is 10.2 Å². The average Bonchev–Trinajstić information content (AvgIpc) is 2.97. The van der Waals surface area contributed by atoms with Gasteiger partial charge in [-0.3, -0.25) is 9.59 Å². The zero-order valence-corrected chi connectivity index (χ0v) is 14.4. The zero-order valence-electron chi connectivity index (χ0n) is 12.8. The van der Waals surface area contributed by atoms with Crippen LogP contribution >= 0.6 is 22.9 Å². The normalized spacial score (nSPS) is 10.2. The van der Waals surface area contributed by atoms with Crippen molar-refractivity contribution in [3.8, 4) is 0 Å². The Kier molecular flexibility index (Phi) is 6.52. The second-order valence-corrected chi connectivity index (χ2v) is 6.73. The van der Waals surface area contributed by atoms with Gasteiger partial charge in [0.2, 0.25) is 5.91 Å². The number of amides is 2. The Morgan fingerprint density at radius 3 is 2.67 bits per heavy atom. The second kappa shape index (κ2) is 8.61. The highest BCUT2D eigenvalue weighted by atomic mass is 35.5. The summed E-state index contributed by atoms with van der Waals surface area (Å²) in [6.45, 7) is 4.12. The fourth-order valence-corrected chi connectivity index (χ4v) is 3.15. The number of carbonyl (C=O) groups excluding carboxylic acids is 2. The van der Waals surface area contributed by atoms with Crippen molar-refractivity contribution in [3.05, 3.63) is 69.6 Å². The Balaban J connectivity index is 1.96. The van der Waals surface area contributed by atoms with Gasteiger partial charge in [-0.1, -0.05) is 29.8 Å². The molecule has 1 heterocycles. The molecule has 0 radical (unpaired) electrons. The van der Waals surface area contributed by atoms with Gasteiger partial charge in [-0.05, 0) is 24.3 Å². The summed E-state index contributed by atoms with van der Waals surface area (Å²) >= 11 is 7.27. The van der Waals surface area contributed by atoms with Crippen LogP contribution in [0.25, 0.3) is 0 Å². The summed E-state index contributed by atoms with van der Waals surface area (Å²) in [6, 6.07) is 9.22. The molecule has 24 heavy (non-hydrogen) atoms. The van der Waals surface area contributed by atoms with Crippen LogP contribution in [0.15, 0.2) is 49.1 Å². The van der Waals surface area contributed by atoms with E-state index in [0.29, 0.717) is 17.4 Å². The summed E-state index contributed by atoms with van der Waals surface area (Å²) in [5.74, 6) is -1.54. The molecule has 0 spiro atoms. The number of rotatable bonds is 7. The van der Waals surface area contributed by atoms with Crippen LogP contribution in [0.5, 0.6) is 0 Å². The molecule has 1 aromatic heterocycles. The maximum atomic E-state index is 13.6. The summed E-state index contributed by atoms with van der Waals surface area (Å²) in [4.78, 5) is 26.7. The number of nitrogens with one attached hydrogen (secondary N) is 1. The van der Waals surface area contributed by atoms with Crippen LogP contribution in [0.3, 0.4) is 0 Å². The molecule has 2 aromatic rings. The van der Waals surface area contributed by atoms with Crippen LogP contribution in [0.4, 0.5) is 4.39 Å². The maximum Gasteiger partial charge on any atom is 0.254 e. The Hall–Kier alpha value is -2.18. The number of carbonyl (C=O) groups is 2. The predicted octanol–water partition coefficient (Wildman–Crippen LogP) is 3.49. The largest absolute Gasteiger partial charge is 0.343 e. The lowest BCUT2D eigenvalue weighted by molar-refractivity contribution is -0.130. The van der Waals surface area contributed by atoms with Crippen LogP contribution < -0.4 is 5.32 Å². The van der Waals surface area contributed by atoms with E-state index in [-0.39, 0.29) is 18.0 Å². The van der Waals surface area contributed by atoms with E-state index < -0.39 is 11.7 Å². The Morgan fingerprint density at radius 2 is 2.04 bits per heavy atom. The summed E-state index contributed by atoms with van der Waals surface area (Å²) in [5.41, 5.74) is -0.0920. The second-order valence-electron chi connectivity index (χ2n) is 4.93. The SMILES string of the molecule is C=CCN(Cc1ccc(Cl)s1)C(=O)CNC(=O)c1ccccc1F. The molecule has 0 unspecified atom stereocenters. The monoisotopic (exact) mass is 366 g/mol. The molecule has 0 aliphatic carbocycles. The van der Waals surface area contributed by atoms with Crippen molar-refractivity contribution < 1.29 is 14.0 Å². The van der Waals surface area contributed by atoms with E-state index in [9.17, 15) is 14.0 Å². The summed E-state index contributed by atoms with van der Waals surface area (Å²) in [5, 5.41) is 2.44. The lowest BCUT2D eigenvalue weighted by Gasteiger charge is -2.20. The van der Waals surface area contributed by atoms with Crippen molar-refractivity contribution >= 4 is 34.8 Å². The zero-order chi connectivity index (χ0) is 17.5.